The number of esters is 2. The van der Waals surface area contributed by atoms with Crippen molar-refractivity contribution in [3.8, 4) is 0 Å². The molecule has 17 heavy (non-hydrogen) atoms. The van der Waals surface area contributed by atoms with Crippen LogP contribution >= 0.6 is 0 Å². The Morgan fingerprint density at radius 3 is 1.59 bits per heavy atom. The molecule has 0 rings (SSSR count). The first-order chi connectivity index (χ1) is 7.99. The highest BCUT2D eigenvalue weighted by Crippen LogP contribution is 1.94. The lowest BCUT2D eigenvalue weighted by Crippen LogP contribution is -2.02. The van der Waals surface area contributed by atoms with Gasteiger partial charge < -0.3 is 9.47 Å². The molecule has 2 unspecified atom stereocenters. The molecule has 0 spiro atoms. The summed E-state index contributed by atoms with van der Waals surface area (Å²) in [4.78, 5) is 21.3. The maximum absolute atomic E-state index is 11.3. The SMILES string of the molecule is COC(=O)/C=C/S(=O)CS(=O)/C=C/C(=O)OC. The van der Waals surface area contributed by atoms with E-state index in [1.165, 1.54) is 14.2 Å². The van der Waals surface area contributed by atoms with E-state index in [4.69, 9.17) is 0 Å². The molecule has 0 amide bonds. The zero-order valence-corrected chi connectivity index (χ0v) is 10.9. The molecular formula is C9H12O6S2. The first-order valence-electron chi connectivity index (χ1n) is 4.26. The third-order valence-corrected chi connectivity index (χ3v) is 4.08. The molecule has 96 valence electrons. The lowest BCUT2D eigenvalue weighted by molar-refractivity contribution is -0.135. The topological polar surface area (TPSA) is 86.7 Å². The number of methoxy groups -OCH3 is 2. The van der Waals surface area contributed by atoms with Gasteiger partial charge in [-0.05, 0) is 0 Å². The van der Waals surface area contributed by atoms with Crippen LogP contribution < -0.4 is 0 Å². The van der Waals surface area contributed by atoms with Crippen molar-refractivity contribution in [1.82, 2.24) is 0 Å². The summed E-state index contributed by atoms with van der Waals surface area (Å²) in [5.74, 6) is -1.29. The van der Waals surface area contributed by atoms with Gasteiger partial charge in [0.05, 0.1) is 35.8 Å². The zero-order chi connectivity index (χ0) is 13.3. The maximum Gasteiger partial charge on any atom is 0.331 e. The van der Waals surface area contributed by atoms with Gasteiger partial charge in [0.2, 0.25) is 0 Å². The van der Waals surface area contributed by atoms with Gasteiger partial charge >= 0.3 is 11.9 Å². The fourth-order valence-electron chi connectivity index (χ4n) is 0.592. The van der Waals surface area contributed by atoms with Crippen LogP contribution in [-0.4, -0.2) is 39.7 Å². The summed E-state index contributed by atoms with van der Waals surface area (Å²) in [6.07, 6.45) is 1.97. The minimum atomic E-state index is -1.57. The Hall–Kier alpha value is -1.28. The van der Waals surface area contributed by atoms with Crippen LogP contribution in [0.25, 0.3) is 0 Å². The number of rotatable bonds is 6. The molecule has 0 fully saturated rings. The van der Waals surface area contributed by atoms with Crippen molar-refractivity contribution in [2.75, 3.05) is 19.3 Å². The number of hydrogen-bond donors (Lipinski definition) is 0. The second kappa shape index (κ2) is 8.82. The quantitative estimate of drug-likeness (QED) is 0.495. The van der Waals surface area contributed by atoms with E-state index in [0.29, 0.717) is 0 Å². The molecule has 0 aromatic rings. The third-order valence-electron chi connectivity index (χ3n) is 1.35. The van der Waals surface area contributed by atoms with Crippen molar-refractivity contribution in [1.29, 1.82) is 0 Å². The molecule has 0 saturated carbocycles. The predicted octanol–water partition coefficient (Wildman–Crippen LogP) is -0.185. The summed E-state index contributed by atoms with van der Waals surface area (Å²) in [7, 11) is -0.773. The molecule has 0 saturated heterocycles. The number of carbonyl (C=O) groups is 2. The van der Waals surface area contributed by atoms with E-state index in [-0.39, 0.29) is 5.08 Å². The van der Waals surface area contributed by atoms with Crippen molar-refractivity contribution < 1.29 is 27.5 Å². The highest BCUT2D eigenvalue weighted by Gasteiger charge is 2.02. The van der Waals surface area contributed by atoms with Crippen molar-refractivity contribution in [2.24, 2.45) is 0 Å². The highest BCUT2D eigenvalue weighted by atomic mass is 32.2. The van der Waals surface area contributed by atoms with Crippen LogP contribution in [0.5, 0.6) is 0 Å². The van der Waals surface area contributed by atoms with E-state index in [9.17, 15) is 18.0 Å². The summed E-state index contributed by atoms with van der Waals surface area (Å²) >= 11 is 0. The van der Waals surface area contributed by atoms with Gasteiger partial charge in [0.25, 0.3) is 0 Å². The number of ether oxygens (including phenoxy) is 2. The average Bonchev–Trinajstić information content (AvgIpc) is 2.32. The average molecular weight is 280 g/mol. The molecule has 0 aliphatic rings. The monoisotopic (exact) mass is 280 g/mol. The van der Waals surface area contributed by atoms with Crippen LogP contribution in [0.3, 0.4) is 0 Å². The molecule has 0 aliphatic heterocycles. The number of hydrogen-bond acceptors (Lipinski definition) is 6. The molecule has 0 N–H and O–H groups in total. The molecule has 6 nitrogen and oxygen atoms in total. The smallest absolute Gasteiger partial charge is 0.331 e. The van der Waals surface area contributed by atoms with E-state index in [2.05, 4.69) is 9.47 Å². The van der Waals surface area contributed by atoms with E-state index < -0.39 is 33.5 Å². The van der Waals surface area contributed by atoms with E-state index in [1.54, 1.807) is 0 Å². The highest BCUT2D eigenvalue weighted by molar-refractivity contribution is 8.04. The lowest BCUT2D eigenvalue weighted by Gasteiger charge is -1.93. The van der Waals surface area contributed by atoms with Crippen LogP contribution in [0, 0.1) is 0 Å². The first kappa shape index (κ1) is 15.7. The van der Waals surface area contributed by atoms with Gasteiger partial charge in [-0.3, -0.25) is 8.42 Å². The Labute approximate surface area is 104 Å². The van der Waals surface area contributed by atoms with Gasteiger partial charge in [-0.2, -0.15) is 0 Å². The fourth-order valence-corrected chi connectivity index (χ4v) is 2.66. The largest absolute Gasteiger partial charge is 0.466 e. The zero-order valence-electron chi connectivity index (χ0n) is 9.28. The standard InChI is InChI=1S/C9H12O6S2/c1-14-8(10)3-5-16(12)7-17(13)6-4-9(11)15-2/h3-6H,7H2,1-2H3/b5-3+,6-4+. The van der Waals surface area contributed by atoms with Crippen LogP contribution in [0.2, 0.25) is 0 Å². The van der Waals surface area contributed by atoms with Gasteiger partial charge in [0.15, 0.2) is 0 Å². The molecule has 0 aliphatic carbocycles. The second-order valence-electron chi connectivity index (χ2n) is 2.53. The third kappa shape index (κ3) is 8.52. The summed E-state index contributed by atoms with van der Waals surface area (Å²) in [5, 5.41) is 1.95. The van der Waals surface area contributed by atoms with Gasteiger partial charge in [-0.25, -0.2) is 9.59 Å². The summed E-state index contributed by atoms with van der Waals surface area (Å²) in [5.41, 5.74) is 0. The Kier molecular flexibility index (Phi) is 8.16. The van der Waals surface area contributed by atoms with Crippen LogP contribution in [0.1, 0.15) is 0 Å². The summed E-state index contributed by atoms with van der Waals surface area (Å²) in [6, 6.07) is 0. The number of carbonyl (C=O) groups excluding carboxylic acids is 2. The Bertz CT molecular complexity index is 349. The van der Waals surface area contributed by atoms with Gasteiger partial charge in [0.1, 0.15) is 5.08 Å². The van der Waals surface area contributed by atoms with Crippen molar-refractivity contribution >= 4 is 33.5 Å². The molecular weight excluding hydrogens is 268 g/mol. The Morgan fingerprint density at radius 2 is 1.29 bits per heavy atom. The summed E-state index contributed by atoms with van der Waals surface area (Å²) in [6.45, 7) is 0. The Morgan fingerprint density at radius 1 is 0.941 bits per heavy atom. The molecule has 0 aromatic carbocycles. The molecule has 0 bridgehead atoms. The van der Waals surface area contributed by atoms with Gasteiger partial charge in [-0.15, -0.1) is 0 Å². The second-order valence-corrected chi connectivity index (χ2v) is 5.54. The van der Waals surface area contributed by atoms with Crippen LogP contribution in [0.4, 0.5) is 0 Å². The molecule has 0 aromatic heterocycles. The molecule has 0 radical (unpaired) electrons. The van der Waals surface area contributed by atoms with E-state index in [1.807, 2.05) is 0 Å². The van der Waals surface area contributed by atoms with Gasteiger partial charge in [-0.1, -0.05) is 0 Å². The van der Waals surface area contributed by atoms with Gasteiger partial charge in [0, 0.05) is 23.0 Å². The molecule has 2 atom stereocenters. The van der Waals surface area contributed by atoms with Crippen LogP contribution in [-0.2, 0) is 40.7 Å². The van der Waals surface area contributed by atoms with E-state index >= 15 is 0 Å². The predicted molar refractivity (Wildman–Crippen MR) is 63.5 cm³/mol. The van der Waals surface area contributed by atoms with E-state index in [0.717, 1.165) is 23.0 Å². The minimum absolute atomic E-state index is 0.207. The minimum Gasteiger partial charge on any atom is -0.466 e. The lowest BCUT2D eigenvalue weighted by atomic mass is 10.7. The Balaban J connectivity index is 4.18. The molecule has 8 heteroatoms. The first-order valence-corrected chi connectivity index (χ1v) is 7.02. The van der Waals surface area contributed by atoms with Crippen LogP contribution in [0.15, 0.2) is 23.0 Å². The fraction of sp³-hybridized carbons (Fsp3) is 0.333. The van der Waals surface area contributed by atoms with Crippen molar-refractivity contribution in [2.45, 2.75) is 0 Å². The normalized spacial score (nSPS) is 14.7. The van der Waals surface area contributed by atoms with Crippen molar-refractivity contribution in [3.63, 3.8) is 0 Å². The van der Waals surface area contributed by atoms with Crippen molar-refractivity contribution in [3.05, 3.63) is 23.0 Å². The summed E-state index contributed by atoms with van der Waals surface area (Å²) < 4.78 is 31.1. The molecule has 0 heterocycles. The maximum atomic E-state index is 11.3.